The summed E-state index contributed by atoms with van der Waals surface area (Å²) in [5.41, 5.74) is 3.49. The van der Waals surface area contributed by atoms with Crippen molar-refractivity contribution in [3.63, 3.8) is 0 Å². The molecule has 2 aromatic carbocycles. The van der Waals surface area contributed by atoms with Gasteiger partial charge in [0.1, 0.15) is 0 Å². The topological polar surface area (TPSA) is 48.5 Å². The highest BCUT2D eigenvalue weighted by molar-refractivity contribution is 6.04. The maximum absolute atomic E-state index is 13.9. The van der Waals surface area contributed by atoms with Crippen LogP contribution >= 0.6 is 0 Å². The summed E-state index contributed by atoms with van der Waals surface area (Å²) in [6.07, 6.45) is 1.43. The van der Waals surface area contributed by atoms with Crippen LogP contribution in [0.2, 0.25) is 0 Å². The maximum atomic E-state index is 13.9. The first-order valence-corrected chi connectivity index (χ1v) is 13.2. The summed E-state index contributed by atoms with van der Waals surface area (Å²) in [6.45, 7) is 5.19. The van der Waals surface area contributed by atoms with Crippen molar-refractivity contribution in [2.75, 3.05) is 38.5 Å². The molecule has 3 aromatic rings. The van der Waals surface area contributed by atoms with E-state index in [4.69, 9.17) is 0 Å². The molecule has 8 heteroatoms. The van der Waals surface area contributed by atoms with Gasteiger partial charge in [-0.25, -0.2) is 0 Å². The summed E-state index contributed by atoms with van der Waals surface area (Å²) in [6, 6.07) is 11.2. The second-order valence-corrected chi connectivity index (χ2v) is 10.5. The normalized spacial score (nSPS) is 16.4. The first-order chi connectivity index (χ1) is 18.7. The van der Waals surface area contributed by atoms with Gasteiger partial charge in [0.15, 0.2) is 0 Å². The zero-order valence-electron chi connectivity index (χ0n) is 22.1. The van der Waals surface area contributed by atoms with E-state index < -0.39 is 17.6 Å². The molecular formula is C31H31F3N4O. The Morgan fingerprint density at radius 1 is 1.03 bits per heavy atom. The van der Waals surface area contributed by atoms with Crippen molar-refractivity contribution in [1.82, 2.24) is 14.8 Å². The van der Waals surface area contributed by atoms with E-state index in [0.717, 1.165) is 30.3 Å². The molecule has 0 unspecified atom stereocenters. The van der Waals surface area contributed by atoms with E-state index in [2.05, 4.69) is 33.1 Å². The number of carbonyl (C=O) groups is 1. The second kappa shape index (κ2) is 11.2. The number of benzene rings is 2. The quantitative estimate of drug-likeness (QED) is 0.430. The van der Waals surface area contributed by atoms with Gasteiger partial charge in [0.2, 0.25) is 0 Å². The van der Waals surface area contributed by atoms with Gasteiger partial charge in [-0.2, -0.15) is 13.2 Å². The Morgan fingerprint density at radius 2 is 1.79 bits per heavy atom. The minimum Gasteiger partial charge on any atom is -0.322 e. The van der Waals surface area contributed by atoms with Crippen molar-refractivity contribution >= 4 is 11.6 Å². The number of hydrogen-bond donors (Lipinski definition) is 1. The van der Waals surface area contributed by atoms with Gasteiger partial charge in [-0.15, -0.1) is 0 Å². The van der Waals surface area contributed by atoms with Gasteiger partial charge in [0.25, 0.3) is 5.91 Å². The lowest BCUT2D eigenvalue weighted by Crippen LogP contribution is -2.44. The van der Waals surface area contributed by atoms with Crippen molar-refractivity contribution in [1.29, 1.82) is 0 Å². The molecular weight excluding hydrogens is 501 g/mol. The number of aromatic nitrogens is 1. The van der Waals surface area contributed by atoms with Gasteiger partial charge in [0.05, 0.1) is 5.56 Å². The van der Waals surface area contributed by atoms with Crippen LogP contribution in [0.1, 0.15) is 62.5 Å². The Bertz CT molecular complexity index is 1430. The van der Waals surface area contributed by atoms with E-state index in [1.807, 2.05) is 25.1 Å². The van der Waals surface area contributed by atoms with Gasteiger partial charge in [-0.3, -0.25) is 14.7 Å². The van der Waals surface area contributed by atoms with Crippen LogP contribution in [0.25, 0.3) is 0 Å². The third-order valence-electron chi connectivity index (χ3n) is 7.31. The van der Waals surface area contributed by atoms with Crippen LogP contribution in [0.15, 0.2) is 54.9 Å². The minimum absolute atomic E-state index is 0.102. The molecule has 0 bridgehead atoms. The van der Waals surface area contributed by atoms with Crippen LogP contribution in [0.5, 0.6) is 0 Å². The number of rotatable bonds is 5. The SMILES string of the molecule is Cc1ccc(C(=O)Nc2ccc(CN3CCN(C)CC3)c(C(F)(F)F)c2)cc1C#Cc1cncc(C2CC2)c1. The Labute approximate surface area is 227 Å². The Balaban J connectivity index is 1.32. The lowest BCUT2D eigenvalue weighted by Gasteiger charge is -2.33. The second-order valence-electron chi connectivity index (χ2n) is 10.5. The molecule has 1 saturated heterocycles. The average Bonchev–Trinajstić information content (AvgIpc) is 3.76. The third kappa shape index (κ3) is 6.86. The zero-order valence-corrected chi connectivity index (χ0v) is 22.1. The molecule has 1 saturated carbocycles. The van der Waals surface area contributed by atoms with Crippen LogP contribution in [0.4, 0.5) is 18.9 Å². The van der Waals surface area contributed by atoms with Crippen LogP contribution in [0, 0.1) is 18.8 Å². The standard InChI is InChI=1S/C31H31F3N4O/c1-21-3-5-25(16-24(21)6-4-22-15-27(19-35-18-22)23-7-8-23)30(39)36-28-10-9-26(29(17-28)31(32,33)34)20-38-13-11-37(2)12-14-38/h3,5,9-10,15-19,23H,7-8,11-14,20H2,1-2H3,(H,36,39). The van der Waals surface area contributed by atoms with Gasteiger partial charge in [-0.1, -0.05) is 24.0 Å². The van der Waals surface area contributed by atoms with Crippen molar-refractivity contribution in [3.8, 4) is 11.8 Å². The highest BCUT2D eigenvalue weighted by atomic mass is 19.4. The van der Waals surface area contributed by atoms with Gasteiger partial charge in [-0.05, 0) is 79.8 Å². The van der Waals surface area contributed by atoms with Crippen LogP contribution < -0.4 is 5.32 Å². The monoisotopic (exact) mass is 532 g/mol. The molecule has 0 atom stereocenters. The lowest BCUT2D eigenvalue weighted by molar-refractivity contribution is -0.138. The molecule has 202 valence electrons. The highest BCUT2D eigenvalue weighted by Crippen LogP contribution is 2.39. The highest BCUT2D eigenvalue weighted by Gasteiger charge is 2.34. The molecule has 1 aliphatic carbocycles. The number of hydrogen-bond acceptors (Lipinski definition) is 4. The molecule has 5 nitrogen and oxygen atoms in total. The zero-order chi connectivity index (χ0) is 27.6. The summed E-state index contributed by atoms with van der Waals surface area (Å²) in [5, 5.41) is 2.64. The lowest BCUT2D eigenvalue weighted by atomic mass is 10.0. The fourth-order valence-electron chi connectivity index (χ4n) is 4.71. The number of halogens is 3. The molecule has 2 heterocycles. The fraction of sp³-hybridized carbons (Fsp3) is 0.355. The number of piperazine rings is 1. The maximum Gasteiger partial charge on any atom is 0.416 e. The first kappa shape index (κ1) is 26.9. The van der Waals surface area contributed by atoms with E-state index in [9.17, 15) is 18.0 Å². The van der Waals surface area contributed by atoms with Gasteiger partial charge < -0.3 is 10.2 Å². The van der Waals surface area contributed by atoms with Crippen LogP contribution in [-0.2, 0) is 12.7 Å². The average molecular weight is 533 g/mol. The van der Waals surface area contributed by atoms with Crippen molar-refractivity contribution < 1.29 is 18.0 Å². The fourth-order valence-corrected chi connectivity index (χ4v) is 4.71. The van der Waals surface area contributed by atoms with E-state index in [1.165, 1.54) is 30.5 Å². The van der Waals surface area contributed by atoms with Gasteiger partial charge >= 0.3 is 6.18 Å². The predicted octanol–water partition coefficient (Wildman–Crippen LogP) is 5.69. The summed E-state index contributed by atoms with van der Waals surface area (Å²) in [7, 11) is 2.00. The summed E-state index contributed by atoms with van der Waals surface area (Å²) in [4.78, 5) is 21.5. The number of anilines is 1. The molecule has 1 N–H and O–H groups in total. The number of aryl methyl sites for hydroxylation is 1. The molecule has 2 fully saturated rings. The Kier molecular flexibility index (Phi) is 7.74. The molecule has 1 aliphatic heterocycles. The van der Waals surface area contributed by atoms with Crippen molar-refractivity contribution in [2.24, 2.45) is 0 Å². The van der Waals surface area contributed by atoms with E-state index >= 15 is 0 Å². The first-order valence-electron chi connectivity index (χ1n) is 13.2. The molecule has 0 radical (unpaired) electrons. The molecule has 1 amide bonds. The molecule has 39 heavy (non-hydrogen) atoms. The molecule has 1 aromatic heterocycles. The minimum atomic E-state index is -4.53. The Hall–Kier alpha value is -3.67. The number of carbonyl (C=O) groups excluding carboxylic acids is 1. The van der Waals surface area contributed by atoms with E-state index in [0.29, 0.717) is 30.1 Å². The molecule has 0 spiro atoms. The summed E-state index contributed by atoms with van der Waals surface area (Å²) >= 11 is 0. The van der Waals surface area contributed by atoms with Crippen LogP contribution in [-0.4, -0.2) is 53.9 Å². The Morgan fingerprint density at radius 3 is 2.51 bits per heavy atom. The molecule has 2 aliphatic rings. The number of likely N-dealkylation sites (N-methyl/N-ethyl adjacent to an activating group) is 1. The molecule has 5 rings (SSSR count). The van der Waals surface area contributed by atoms with E-state index in [-0.39, 0.29) is 17.8 Å². The number of nitrogens with zero attached hydrogens (tertiary/aromatic N) is 3. The number of alkyl halides is 3. The number of nitrogens with one attached hydrogen (secondary N) is 1. The van der Waals surface area contributed by atoms with Crippen molar-refractivity contribution in [2.45, 2.75) is 38.4 Å². The van der Waals surface area contributed by atoms with Crippen LogP contribution in [0.3, 0.4) is 0 Å². The number of pyridine rings is 1. The largest absolute Gasteiger partial charge is 0.416 e. The number of amides is 1. The third-order valence-corrected chi connectivity index (χ3v) is 7.31. The predicted molar refractivity (Wildman–Crippen MR) is 146 cm³/mol. The van der Waals surface area contributed by atoms with Gasteiger partial charge in [0, 0.05) is 67.5 Å². The summed E-state index contributed by atoms with van der Waals surface area (Å²) in [5.74, 6) is 6.34. The van der Waals surface area contributed by atoms with E-state index in [1.54, 1.807) is 24.4 Å². The summed E-state index contributed by atoms with van der Waals surface area (Å²) < 4.78 is 41.8. The van der Waals surface area contributed by atoms with Crippen molar-refractivity contribution in [3.05, 3.63) is 93.8 Å². The smallest absolute Gasteiger partial charge is 0.322 e.